The predicted octanol–water partition coefficient (Wildman–Crippen LogP) is 4.83. The molecule has 2 aromatic carbocycles. The third-order valence-electron chi connectivity index (χ3n) is 2.37. The van der Waals surface area contributed by atoms with Gasteiger partial charge < -0.3 is 10.5 Å². The maximum atomic E-state index is 7.53. The van der Waals surface area contributed by atoms with Gasteiger partial charge in [-0.2, -0.15) is 0 Å². The molecule has 0 unspecified atom stereocenters. The Morgan fingerprint density at radius 3 is 2.58 bits per heavy atom. The number of rotatable bonds is 3. The van der Waals surface area contributed by atoms with Gasteiger partial charge in [-0.3, -0.25) is 5.41 Å². The van der Waals surface area contributed by atoms with Crippen LogP contribution in [0.2, 0.25) is 10.0 Å². The maximum Gasteiger partial charge on any atom is 0.147 e. The van der Waals surface area contributed by atoms with Crippen LogP contribution in [-0.4, -0.2) is 5.84 Å². The van der Waals surface area contributed by atoms with Crippen LogP contribution in [0.3, 0.4) is 0 Å². The van der Waals surface area contributed by atoms with Crippen molar-refractivity contribution < 1.29 is 4.74 Å². The van der Waals surface area contributed by atoms with Gasteiger partial charge in [-0.15, -0.1) is 0 Å². The molecule has 98 valence electrons. The van der Waals surface area contributed by atoms with Gasteiger partial charge >= 0.3 is 0 Å². The van der Waals surface area contributed by atoms with Crippen LogP contribution in [0, 0.1) is 5.41 Å². The summed E-state index contributed by atoms with van der Waals surface area (Å²) in [4.78, 5) is 0. The zero-order valence-corrected chi connectivity index (χ0v) is 12.7. The Labute approximate surface area is 128 Å². The molecular weight excluding hydrogens is 351 g/mol. The minimum Gasteiger partial charge on any atom is -0.455 e. The van der Waals surface area contributed by atoms with Gasteiger partial charge in [0.05, 0.1) is 10.6 Å². The SMILES string of the molecule is N=C(N)c1ccc(Br)cc1Oc1cccc(Cl)c1Cl. The zero-order chi connectivity index (χ0) is 14.0. The Balaban J connectivity index is 2.45. The van der Waals surface area contributed by atoms with Crippen molar-refractivity contribution in [1.29, 1.82) is 5.41 Å². The first-order chi connectivity index (χ1) is 8.99. The highest BCUT2D eigenvalue weighted by Crippen LogP contribution is 2.36. The molecular formula is C13H9BrCl2N2O. The predicted molar refractivity (Wildman–Crippen MR) is 81.7 cm³/mol. The van der Waals surface area contributed by atoms with Crippen molar-refractivity contribution in [3.8, 4) is 11.5 Å². The Kier molecular flexibility index (Phi) is 4.34. The largest absolute Gasteiger partial charge is 0.455 e. The first-order valence-corrected chi connectivity index (χ1v) is 6.79. The minimum absolute atomic E-state index is 0.0827. The summed E-state index contributed by atoms with van der Waals surface area (Å²) in [6.45, 7) is 0. The van der Waals surface area contributed by atoms with Crippen LogP contribution >= 0.6 is 39.1 Å². The highest BCUT2D eigenvalue weighted by atomic mass is 79.9. The first kappa shape index (κ1) is 14.2. The van der Waals surface area contributed by atoms with Crippen LogP contribution in [0.15, 0.2) is 40.9 Å². The van der Waals surface area contributed by atoms with Crippen molar-refractivity contribution in [2.24, 2.45) is 5.73 Å². The van der Waals surface area contributed by atoms with Gasteiger partial charge in [0.25, 0.3) is 0 Å². The number of nitrogens with two attached hydrogens (primary N) is 1. The molecule has 0 spiro atoms. The van der Waals surface area contributed by atoms with Gasteiger partial charge in [0.2, 0.25) is 0 Å². The van der Waals surface area contributed by atoms with Crippen molar-refractivity contribution in [3.63, 3.8) is 0 Å². The van der Waals surface area contributed by atoms with Crippen molar-refractivity contribution in [2.45, 2.75) is 0 Å². The molecule has 0 aliphatic carbocycles. The number of nitrogens with one attached hydrogen (secondary N) is 1. The number of halogens is 3. The van der Waals surface area contributed by atoms with E-state index in [1.165, 1.54) is 0 Å². The molecule has 0 aromatic heterocycles. The van der Waals surface area contributed by atoms with Crippen LogP contribution in [-0.2, 0) is 0 Å². The van der Waals surface area contributed by atoms with Gasteiger partial charge in [0, 0.05) is 4.47 Å². The van der Waals surface area contributed by atoms with E-state index < -0.39 is 0 Å². The summed E-state index contributed by atoms with van der Waals surface area (Å²) in [5.74, 6) is 0.765. The average Bonchev–Trinajstić information content (AvgIpc) is 2.35. The highest BCUT2D eigenvalue weighted by molar-refractivity contribution is 9.10. The molecule has 0 radical (unpaired) electrons. The third-order valence-corrected chi connectivity index (χ3v) is 3.66. The summed E-state index contributed by atoms with van der Waals surface area (Å²) in [6, 6.07) is 10.3. The fourth-order valence-corrected chi connectivity index (χ4v) is 2.15. The number of amidine groups is 1. The van der Waals surface area contributed by atoms with E-state index in [4.69, 9.17) is 39.1 Å². The minimum atomic E-state index is -0.0827. The van der Waals surface area contributed by atoms with E-state index >= 15 is 0 Å². The lowest BCUT2D eigenvalue weighted by Crippen LogP contribution is -2.12. The summed E-state index contributed by atoms with van der Waals surface area (Å²) in [5.41, 5.74) is 6.00. The second-order valence-electron chi connectivity index (χ2n) is 3.71. The van der Waals surface area contributed by atoms with Crippen LogP contribution < -0.4 is 10.5 Å². The van der Waals surface area contributed by atoms with Crippen LogP contribution in [0.4, 0.5) is 0 Å². The van der Waals surface area contributed by atoms with E-state index in [0.29, 0.717) is 27.1 Å². The first-order valence-electron chi connectivity index (χ1n) is 5.25. The lowest BCUT2D eigenvalue weighted by molar-refractivity contribution is 0.481. The maximum absolute atomic E-state index is 7.53. The van der Waals surface area contributed by atoms with Crippen LogP contribution in [0.25, 0.3) is 0 Å². The quantitative estimate of drug-likeness (QED) is 0.608. The summed E-state index contributed by atoms with van der Waals surface area (Å²) in [5, 5.41) is 8.25. The Hall–Kier alpha value is -1.23. The van der Waals surface area contributed by atoms with Gasteiger partial charge in [-0.25, -0.2) is 0 Å². The molecule has 6 heteroatoms. The average molecular weight is 360 g/mol. The van der Waals surface area contributed by atoms with E-state index in [2.05, 4.69) is 15.9 Å². The van der Waals surface area contributed by atoms with E-state index in [-0.39, 0.29) is 5.84 Å². The standard InChI is InChI=1S/C13H9BrCl2N2O/c14-7-4-5-8(13(17)18)11(6-7)19-10-3-1-2-9(15)12(10)16/h1-6H,(H3,17,18). The molecule has 0 heterocycles. The number of hydrogen-bond acceptors (Lipinski definition) is 2. The van der Waals surface area contributed by atoms with Gasteiger partial charge in [0.1, 0.15) is 22.4 Å². The number of benzene rings is 2. The van der Waals surface area contributed by atoms with E-state index in [9.17, 15) is 0 Å². The molecule has 3 nitrogen and oxygen atoms in total. The fourth-order valence-electron chi connectivity index (χ4n) is 1.48. The van der Waals surface area contributed by atoms with Gasteiger partial charge in [0.15, 0.2) is 0 Å². The van der Waals surface area contributed by atoms with Crippen molar-refractivity contribution >= 4 is 45.0 Å². The van der Waals surface area contributed by atoms with Crippen LogP contribution in [0.1, 0.15) is 5.56 Å². The second-order valence-corrected chi connectivity index (χ2v) is 5.41. The molecule has 2 aromatic rings. The van der Waals surface area contributed by atoms with Gasteiger partial charge in [-0.1, -0.05) is 45.2 Å². The van der Waals surface area contributed by atoms with Crippen molar-refractivity contribution in [3.05, 3.63) is 56.5 Å². The van der Waals surface area contributed by atoms with Crippen molar-refractivity contribution in [1.82, 2.24) is 0 Å². The summed E-state index contributed by atoms with van der Waals surface area (Å²) < 4.78 is 6.51. The van der Waals surface area contributed by atoms with Gasteiger partial charge in [-0.05, 0) is 30.3 Å². The second kappa shape index (κ2) is 5.82. The molecule has 19 heavy (non-hydrogen) atoms. The fraction of sp³-hybridized carbons (Fsp3) is 0. The molecule has 2 rings (SSSR count). The lowest BCUT2D eigenvalue weighted by atomic mass is 10.2. The topological polar surface area (TPSA) is 59.1 Å². The molecule has 0 bridgehead atoms. The van der Waals surface area contributed by atoms with Crippen LogP contribution in [0.5, 0.6) is 11.5 Å². The highest BCUT2D eigenvalue weighted by Gasteiger charge is 2.12. The molecule has 3 N–H and O–H groups in total. The van der Waals surface area contributed by atoms with E-state index in [1.54, 1.807) is 36.4 Å². The molecule has 0 saturated heterocycles. The Morgan fingerprint density at radius 2 is 1.89 bits per heavy atom. The smallest absolute Gasteiger partial charge is 0.147 e. The lowest BCUT2D eigenvalue weighted by Gasteiger charge is -2.12. The molecule has 0 atom stereocenters. The van der Waals surface area contributed by atoms with Crippen molar-refractivity contribution in [2.75, 3.05) is 0 Å². The zero-order valence-electron chi connectivity index (χ0n) is 9.58. The Bertz CT molecular complexity index is 647. The molecule has 0 amide bonds. The number of ether oxygens (including phenoxy) is 1. The molecule has 0 aliphatic heterocycles. The normalized spacial score (nSPS) is 10.3. The number of nitrogen functional groups attached to an aromatic ring is 1. The Morgan fingerprint density at radius 1 is 1.16 bits per heavy atom. The summed E-state index contributed by atoms with van der Waals surface area (Å²) in [6.07, 6.45) is 0. The summed E-state index contributed by atoms with van der Waals surface area (Å²) >= 11 is 15.3. The monoisotopic (exact) mass is 358 g/mol. The summed E-state index contributed by atoms with van der Waals surface area (Å²) in [7, 11) is 0. The third kappa shape index (κ3) is 3.21. The number of hydrogen-bond donors (Lipinski definition) is 2. The molecule has 0 aliphatic rings. The molecule has 0 saturated carbocycles. The van der Waals surface area contributed by atoms with E-state index in [1.807, 2.05) is 0 Å². The molecule has 0 fully saturated rings. The van der Waals surface area contributed by atoms with E-state index in [0.717, 1.165) is 4.47 Å².